The molecule has 20 heavy (non-hydrogen) atoms. The van der Waals surface area contributed by atoms with Crippen LogP contribution >= 0.6 is 12.6 Å². The smallest absolute Gasteiger partial charge is 0.237 e. The Morgan fingerprint density at radius 3 is 2.45 bits per heavy atom. The van der Waals surface area contributed by atoms with Gasteiger partial charge < -0.3 is 5.32 Å². The molecular formula is C17H19NOS. The number of carbonyl (C=O) groups is 1. The summed E-state index contributed by atoms with van der Waals surface area (Å²) in [5, 5.41) is 2.57. The standard InChI is InChI=1S/C17H19NOS/c1-12-8-9-15(10-13(12)2)18-17(19)16(20)11-14-6-4-3-5-7-14/h3-10,16,20H,11H2,1-2H3,(H,18,19). The van der Waals surface area contributed by atoms with E-state index in [4.69, 9.17) is 0 Å². The Balaban J connectivity index is 1.99. The van der Waals surface area contributed by atoms with Gasteiger partial charge in [0.2, 0.25) is 5.91 Å². The van der Waals surface area contributed by atoms with Crippen molar-refractivity contribution in [1.29, 1.82) is 0 Å². The van der Waals surface area contributed by atoms with Gasteiger partial charge in [-0.15, -0.1) is 0 Å². The maximum absolute atomic E-state index is 12.1. The van der Waals surface area contributed by atoms with Crippen LogP contribution in [0, 0.1) is 13.8 Å². The first kappa shape index (κ1) is 14.7. The van der Waals surface area contributed by atoms with Gasteiger partial charge in [-0.3, -0.25) is 4.79 Å². The van der Waals surface area contributed by atoms with Gasteiger partial charge in [-0.2, -0.15) is 12.6 Å². The molecule has 2 aromatic rings. The predicted molar refractivity (Wildman–Crippen MR) is 87.5 cm³/mol. The molecule has 1 unspecified atom stereocenters. The van der Waals surface area contributed by atoms with Crippen LogP contribution in [-0.4, -0.2) is 11.2 Å². The highest BCUT2D eigenvalue weighted by Gasteiger charge is 2.14. The molecule has 0 fully saturated rings. The van der Waals surface area contributed by atoms with Crippen molar-refractivity contribution < 1.29 is 4.79 Å². The predicted octanol–water partition coefficient (Wildman–Crippen LogP) is 3.78. The van der Waals surface area contributed by atoms with Crippen molar-refractivity contribution in [1.82, 2.24) is 0 Å². The van der Waals surface area contributed by atoms with Crippen LogP contribution in [0.25, 0.3) is 0 Å². The third kappa shape index (κ3) is 3.87. The van der Waals surface area contributed by atoms with Gasteiger partial charge in [0, 0.05) is 5.69 Å². The third-order valence-electron chi connectivity index (χ3n) is 3.35. The van der Waals surface area contributed by atoms with Crippen LogP contribution in [0.1, 0.15) is 16.7 Å². The second-order valence-electron chi connectivity index (χ2n) is 4.99. The van der Waals surface area contributed by atoms with Gasteiger partial charge in [-0.1, -0.05) is 36.4 Å². The zero-order chi connectivity index (χ0) is 14.5. The lowest BCUT2D eigenvalue weighted by Crippen LogP contribution is -2.25. The SMILES string of the molecule is Cc1ccc(NC(=O)C(S)Cc2ccccc2)cc1C. The average Bonchev–Trinajstić information content (AvgIpc) is 2.44. The molecule has 0 spiro atoms. The average molecular weight is 285 g/mol. The molecular weight excluding hydrogens is 266 g/mol. The lowest BCUT2D eigenvalue weighted by molar-refractivity contribution is -0.115. The minimum absolute atomic E-state index is 0.0690. The molecule has 0 saturated carbocycles. The number of thiol groups is 1. The number of hydrogen-bond donors (Lipinski definition) is 2. The number of anilines is 1. The first-order valence-electron chi connectivity index (χ1n) is 6.66. The molecule has 0 aromatic heterocycles. The second-order valence-corrected chi connectivity index (χ2v) is 5.62. The molecule has 0 aliphatic heterocycles. The van der Waals surface area contributed by atoms with Crippen LogP contribution in [-0.2, 0) is 11.2 Å². The van der Waals surface area contributed by atoms with E-state index in [9.17, 15) is 4.79 Å². The monoisotopic (exact) mass is 285 g/mol. The molecule has 2 nitrogen and oxygen atoms in total. The number of nitrogens with one attached hydrogen (secondary N) is 1. The summed E-state index contributed by atoms with van der Waals surface area (Å²) in [5.74, 6) is -0.0690. The minimum atomic E-state index is -0.348. The molecule has 0 aliphatic rings. The Morgan fingerprint density at radius 2 is 1.80 bits per heavy atom. The fraction of sp³-hybridized carbons (Fsp3) is 0.235. The summed E-state index contributed by atoms with van der Waals surface area (Å²) in [4.78, 5) is 12.1. The number of aryl methyl sites for hydroxylation is 2. The first-order chi connectivity index (χ1) is 9.56. The van der Waals surface area contributed by atoms with Crippen molar-refractivity contribution in [3.63, 3.8) is 0 Å². The molecule has 1 amide bonds. The van der Waals surface area contributed by atoms with Gasteiger partial charge in [-0.05, 0) is 49.1 Å². The quantitative estimate of drug-likeness (QED) is 0.822. The molecule has 1 N–H and O–H groups in total. The van der Waals surface area contributed by atoms with E-state index < -0.39 is 0 Å². The van der Waals surface area contributed by atoms with Crippen molar-refractivity contribution in [3.05, 3.63) is 65.2 Å². The number of rotatable bonds is 4. The fourth-order valence-electron chi connectivity index (χ4n) is 1.97. The Morgan fingerprint density at radius 1 is 1.10 bits per heavy atom. The summed E-state index contributed by atoms with van der Waals surface area (Å²) in [7, 11) is 0. The molecule has 0 heterocycles. The molecule has 0 saturated heterocycles. The van der Waals surface area contributed by atoms with E-state index in [-0.39, 0.29) is 11.2 Å². The van der Waals surface area contributed by atoms with Crippen molar-refractivity contribution in [3.8, 4) is 0 Å². The van der Waals surface area contributed by atoms with E-state index in [0.717, 1.165) is 11.3 Å². The topological polar surface area (TPSA) is 29.1 Å². The van der Waals surface area contributed by atoms with Crippen LogP contribution < -0.4 is 5.32 Å². The van der Waals surface area contributed by atoms with E-state index in [1.54, 1.807) is 0 Å². The van der Waals surface area contributed by atoms with Gasteiger partial charge in [-0.25, -0.2) is 0 Å². The van der Waals surface area contributed by atoms with Crippen molar-refractivity contribution >= 4 is 24.2 Å². The van der Waals surface area contributed by atoms with Crippen molar-refractivity contribution in [2.24, 2.45) is 0 Å². The number of benzene rings is 2. The van der Waals surface area contributed by atoms with Crippen LogP contribution in [0.3, 0.4) is 0 Å². The van der Waals surface area contributed by atoms with E-state index in [0.29, 0.717) is 6.42 Å². The normalized spacial score (nSPS) is 11.9. The zero-order valence-corrected chi connectivity index (χ0v) is 12.7. The molecule has 0 bridgehead atoms. The first-order valence-corrected chi connectivity index (χ1v) is 7.18. The summed E-state index contributed by atoms with van der Waals surface area (Å²) in [5.41, 5.74) is 4.32. The largest absolute Gasteiger partial charge is 0.325 e. The highest BCUT2D eigenvalue weighted by Crippen LogP contribution is 2.16. The van der Waals surface area contributed by atoms with Gasteiger partial charge in [0.1, 0.15) is 0 Å². The van der Waals surface area contributed by atoms with Gasteiger partial charge in [0.05, 0.1) is 5.25 Å². The van der Waals surface area contributed by atoms with Crippen LogP contribution in [0.15, 0.2) is 48.5 Å². The number of amides is 1. The summed E-state index contributed by atoms with van der Waals surface area (Å²) >= 11 is 4.40. The molecule has 1 atom stereocenters. The summed E-state index contributed by atoms with van der Waals surface area (Å²) in [6.45, 7) is 4.09. The maximum atomic E-state index is 12.1. The van der Waals surface area contributed by atoms with E-state index >= 15 is 0 Å². The summed E-state index contributed by atoms with van der Waals surface area (Å²) in [6, 6.07) is 15.8. The van der Waals surface area contributed by atoms with E-state index in [1.807, 2.05) is 55.5 Å². The van der Waals surface area contributed by atoms with Crippen LogP contribution in [0.5, 0.6) is 0 Å². The number of hydrogen-bond acceptors (Lipinski definition) is 2. The Labute approximate surface area is 125 Å². The lowest BCUT2D eigenvalue weighted by Gasteiger charge is -2.12. The molecule has 104 valence electrons. The number of carbonyl (C=O) groups excluding carboxylic acids is 1. The maximum Gasteiger partial charge on any atom is 0.237 e. The highest BCUT2D eigenvalue weighted by atomic mass is 32.1. The highest BCUT2D eigenvalue weighted by molar-refractivity contribution is 7.81. The fourth-order valence-corrected chi connectivity index (χ4v) is 2.25. The molecule has 3 heteroatoms. The lowest BCUT2D eigenvalue weighted by atomic mass is 10.1. The van der Waals surface area contributed by atoms with Crippen molar-refractivity contribution in [2.45, 2.75) is 25.5 Å². The third-order valence-corrected chi connectivity index (χ3v) is 3.77. The van der Waals surface area contributed by atoms with Gasteiger partial charge >= 0.3 is 0 Å². The van der Waals surface area contributed by atoms with Crippen LogP contribution in [0.2, 0.25) is 0 Å². The molecule has 0 radical (unpaired) electrons. The second kappa shape index (κ2) is 6.62. The minimum Gasteiger partial charge on any atom is -0.325 e. The van der Waals surface area contributed by atoms with Gasteiger partial charge in [0.25, 0.3) is 0 Å². The van der Waals surface area contributed by atoms with Gasteiger partial charge in [0.15, 0.2) is 0 Å². The molecule has 2 aromatic carbocycles. The van der Waals surface area contributed by atoms with Crippen molar-refractivity contribution in [2.75, 3.05) is 5.32 Å². The zero-order valence-electron chi connectivity index (χ0n) is 11.8. The molecule has 0 aliphatic carbocycles. The Hall–Kier alpha value is -1.74. The molecule has 2 rings (SSSR count). The Kier molecular flexibility index (Phi) is 4.85. The van der Waals surface area contributed by atoms with Crippen LogP contribution in [0.4, 0.5) is 5.69 Å². The summed E-state index contributed by atoms with van der Waals surface area (Å²) < 4.78 is 0. The Bertz CT molecular complexity index is 595. The van der Waals surface area contributed by atoms with E-state index in [2.05, 4.69) is 24.9 Å². The summed E-state index contributed by atoms with van der Waals surface area (Å²) in [6.07, 6.45) is 0.626. The van der Waals surface area contributed by atoms with E-state index in [1.165, 1.54) is 11.1 Å².